The summed E-state index contributed by atoms with van der Waals surface area (Å²) >= 11 is 3.48. The van der Waals surface area contributed by atoms with Gasteiger partial charge in [-0.1, -0.05) is 6.92 Å². The van der Waals surface area contributed by atoms with E-state index < -0.39 is 0 Å². The molecule has 19 heavy (non-hydrogen) atoms. The summed E-state index contributed by atoms with van der Waals surface area (Å²) in [6.07, 6.45) is 4.30. The maximum atomic E-state index is 5.41. The van der Waals surface area contributed by atoms with Gasteiger partial charge >= 0.3 is 0 Å². The maximum absolute atomic E-state index is 5.41. The predicted molar refractivity (Wildman–Crippen MR) is 80.5 cm³/mol. The third-order valence-corrected chi connectivity index (χ3v) is 3.87. The molecule has 1 aromatic heterocycles. The molecule has 1 saturated heterocycles. The van der Waals surface area contributed by atoms with E-state index in [1.807, 2.05) is 6.07 Å². The summed E-state index contributed by atoms with van der Waals surface area (Å²) in [6.45, 7) is 4.98. The summed E-state index contributed by atoms with van der Waals surface area (Å²) in [5.74, 6) is 2.64. The van der Waals surface area contributed by atoms with Crippen molar-refractivity contribution in [3.05, 3.63) is 16.5 Å². The molecule has 106 valence electrons. The van der Waals surface area contributed by atoms with Crippen molar-refractivity contribution in [1.29, 1.82) is 0 Å². The van der Waals surface area contributed by atoms with Gasteiger partial charge in [-0.3, -0.25) is 0 Å². The normalized spacial score (nSPS) is 16.6. The number of anilines is 1. The monoisotopic (exact) mass is 327 g/mol. The predicted octanol–water partition coefficient (Wildman–Crippen LogP) is 3.05. The minimum Gasteiger partial charge on any atom is -0.381 e. The third-order valence-electron chi connectivity index (χ3n) is 3.47. The lowest BCUT2D eigenvalue weighted by atomic mass is 10.00. The molecule has 1 fully saturated rings. The number of rotatable bonds is 5. The molecule has 4 nitrogen and oxygen atoms in total. The van der Waals surface area contributed by atoms with Crippen molar-refractivity contribution in [2.24, 2.45) is 5.92 Å². The van der Waals surface area contributed by atoms with Crippen LogP contribution in [0.1, 0.15) is 32.0 Å². The van der Waals surface area contributed by atoms with E-state index in [1.54, 1.807) is 0 Å². The van der Waals surface area contributed by atoms with Gasteiger partial charge in [0.25, 0.3) is 0 Å². The summed E-state index contributed by atoms with van der Waals surface area (Å²) < 4.78 is 6.28. The van der Waals surface area contributed by atoms with Crippen molar-refractivity contribution in [1.82, 2.24) is 9.97 Å². The SMILES string of the molecule is CCCc1nc(Br)cc(N(C)CC2CCOCC2)n1. The largest absolute Gasteiger partial charge is 0.381 e. The molecule has 0 aromatic carbocycles. The molecule has 1 aliphatic rings. The van der Waals surface area contributed by atoms with E-state index in [4.69, 9.17) is 4.74 Å². The van der Waals surface area contributed by atoms with E-state index in [1.165, 1.54) is 0 Å². The van der Waals surface area contributed by atoms with Crippen molar-refractivity contribution in [2.75, 3.05) is 31.7 Å². The standard InChI is InChI=1S/C14H22BrN3O/c1-3-4-13-16-12(15)9-14(17-13)18(2)10-11-5-7-19-8-6-11/h9,11H,3-8,10H2,1-2H3. The first-order chi connectivity index (χ1) is 9.19. The fourth-order valence-electron chi connectivity index (χ4n) is 2.39. The van der Waals surface area contributed by atoms with Crippen LogP contribution in [0.25, 0.3) is 0 Å². The molecular weight excluding hydrogens is 306 g/mol. The van der Waals surface area contributed by atoms with Crippen LogP contribution in [0.5, 0.6) is 0 Å². The number of ether oxygens (including phenoxy) is 1. The molecule has 0 aliphatic carbocycles. The molecule has 0 radical (unpaired) electrons. The molecule has 0 amide bonds. The second kappa shape index (κ2) is 7.20. The summed E-state index contributed by atoms with van der Waals surface area (Å²) in [5, 5.41) is 0. The Morgan fingerprint density at radius 3 is 2.79 bits per heavy atom. The minimum atomic E-state index is 0.710. The van der Waals surface area contributed by atoms with Crippen molar-refractivity contribution in [2.45, 2.75) is 32.6 Å². The van der Waals surface area contributed by atoms with Crippen molar-refractivity contribution in [3.8, 4) is 0 Å². The average Bonchev–Trinajstić information content (AvgIpc) is 2.39. The smallest absolute Gasteiger partial charge is 0.133 e. The van der Waals surface area contributed by atoms with Gasteiger partial charge in [-0.05, 0) is 41.1 Å². The van der Waals surface area contributed by atoms with E-state index in [0.29, 0.717) is 5.92 Å². The van der Waals surface area contributed by atoms with Gasteiger partial charge in [0, 0.05) is 39.3 Å². The molecule has 0 bridgehead atoms. The highest BCUT2D eigenvalue weighted by Crippen LogP contribution is 2.21. The molecule has 2 heterocycles. The molecule has 0 saturated carbocycles. The van der Waals surface area contributed by atoms with Crippen LogP contribution in [0.15, 0.2) is 10.7 Å². The Kier molecular flexibility index (Phi) is 5.58. The number of nitrogens with zero attached hydrogens (tertiary/aromatic N) is 3. The fourth-order valence-corrected chi connectivity index (χ4v) is 2.80. The molecule has 5 heteroatoms. The molecule has 2 rings (SSSR count). The van der Waals surface area contributed by atoms with E-state index in [2.05, 4.69) is 44.8 Å². The highest BCUT2D eigenvalue weighted by Gasteiger charge is 2.17. The van der Waals surface area contributed by atoms with Gasteiger partial charge in [-0.15, -0.1) is 0 Å². The van der Waals surface area contributed by atoms with E-state index in [9.17, 15) is 0 Å². The van der Waals surface area contributed by atoms with Crippen LogP contribution in [0.2, 0.25) is 0 Å². The first kappa shape index (κ1) is 14.7. The van der Waals surface area contributed by atoms with Crippen molar-refractivity contribution < 1.29 is 4.74 Å². The van der Waals surface area contributed by atoms with E-state index >= 15 is 0 Å². The Morgan fingerprint density at radius 1 is 1.37 bits per heavy atom. The third kappa shape index (κ3) is 4.42. The Labute approximate surface area is 123 Å². The second-order valence-electron chi connectivity index (χ2n) is 5.15. The van der Waals surface area contributed by atoms with Gasteiger partial charge < -0.3 is 9.64 Å². The summed E-state index contributed by atoms with van der Waals surface area (Å²) in [7, 11) is 2.11. The zero-order chi connectivity index (χ0) is 13.7. The van der Waals surface area contributed by atoms with Crippen LogP contribution >= 0.6 is 15.9 Å². The van der Waals surface area contributed by atoms with Crippen LogP contribution in [0, 0.1) is 5.92 Å². The van der Waals surface area contributed by atoms with E-state index in [-0.39, 0.29) is 0 Å². The van der Waals surface area contributed by atoms with Crippen molar-refractivity contribution >= 4 is 21.7 Å². The maximum Gasteiger partial charge on any atom is 0.133 e. The number of aromatic nitrogens is 2. The Balaban J connectivity index is 2.02. The van der Waals surface area contributed by atoms with E-state index in [0.717, 1.165) is 61.7 Å². The van der Waals surface area contributed by atoms with Gasteiger partial charge in [0.05, 0.1) is 0 Å². The molecule has 0 spiro atoms. The van der Waals surface area contributed by atoms with Gasteiger partial charge in [0.2, 0.25) is 0 Å². The minimum absolute atomic E-state index is 0.710. The first-order valence-corrected chi connectivity index (χ1v) is 7.80. The summed E-state index contributed by atoms with van der Waals surface area (Å²) in [4.78, 5) is 11.3. The number of hydrogen-bond donors (Lipinski definition) is 0. The van der Waals surface area contributed by atoms with Gasteiger partial charge in [-0.2, -0.15) is 0 Å². The van der Waals surface area contributed by atoms with Crippen molar-refractivity contribution in [3.63, 3.8) is 0 Å². The Bertz CT molecular complexity index is 408. The highest BCUT2D eigenvalue weighted by molar-refractivity contribution is 9.10. The zero-order valence-electron chi connectivity index (χ0n) is 11.7. The molecule has 0 atom stereocenters. The van der Waals surface area contributed by atoms with Crippen LogP contribution < -0.4 is 4.90 Å². The molecule has 0 N–H and O–H groups in total. The lowest BCUT2D eigenvalue weighted by Gasteiger charge is -2.28. The zero-order valence-corrected chi connectivity index (χ0v) is 13.3. The van der Waals surface area contributed by atoms with Gasteiger partial charge in [0.1, 0.15) is 16.2 Å². The average molecular weight is 328 g/mol. The van der Waals surface area contributed by atoms with Crippen LogP contribution in [-0.4, -0.2) is 36.8 Å². The molecular formula is C14H22BrN3O. The van der Waals surface area contributed by atoms with Crippen LogP contribution in [0.4, 0.5) is 5.82 Å². The highest BCUT2D eigenvalue weighted by atomic mass is 79.9. The lowest BCUT2D eigenvalue weighted by molar-refractivity contribution is 0.0685. The molecule has 0 unspecified atom stereocenters. The first-order valence-electron chi connectivity index (χ1n) is 7.01. The Hall–Kier alpha value is -0.680. The number of halogens is 1. The molecule has 1 aromatic rings. The topological polar surface area (TPSA) is 38.2 Å². The molecule has 1 aliphatic heterocycles. The summed E-state index contributed by atoms with van der Waals surface area (Å²) in [5.41, 5.74) is 0. The quantitative estimate of drug-likeness (QED) is 0.779. The second-order valence-corrected chi connectivity index (χ2v) is 5.96. The number of hydrogen-bond acceptors (Lipinski definition) is 4. The lowest BCUT2D eigenvalue weighted by Crippen LogP contribution is -2.30. The van der Waals surface area contributed by atoms with Crippen LogP contribution in [0.3, 0.4) is 0 Å². The fraction of sp³-hybridized carbons (Fsp3) is 0.714. The van der Waals surface area contributed by atoms with Gasteiger partial charge in [-0.25, -0.2) is 9.97 Å². The van der Waals surface area contributed by atoms with Gasteiger partial charge in [0.15, 0.2) is 0 Å². The van der Waals surface area contributed by atoms with Crippen LogP contribution in [-0.2, 0) is 11.2 Å². The number of aryl methyl sites for hydroxylation is 1. The summed E-state index contributed by atoms with van der Waals surface area (Å²) in [6, 6.07) is 2.00. The Morgan fingerprint density at radius 2 is 2.11 bits per heavy atom.